The number of fused-ring (bicyclic) bond motifs is 5. The molecule has 0 aromatic heterocycles. The minimum absolute atomic E-state index is 0.119. The minimum Gasteiger partial charge on any atom is -0.393 e. The molecule has 11 atom stereocenters. The van der Waals surface area contributed by atoms with Crippen molar-refractivity contribution in [2.75, 3.05) is 24.6 Å². The molecule has 0 aromatic carbocycles. The van der Waals surface area contributed by atoms with Gasteiger partial charge in [0.25, 0.3) is 0 Å². The molecule has 5 rings (SSSR count). The van der Waals surface area contributed by atoms with Gasteiger partial charge in [-0.2, -0.15) is 11.8 Å². The highest BCUT2D eigenvalue weighted by Gasteiger charge is 2.65. The van der Waals surface area contributed by atoms with Crippen LogP contribution in [0.1, 0.15) is 78.6 Å². The zero-order chi connectivity index (χ0) is 24.3. The van der Waals surface area contributed by atoms with Crippen molar-refractivity contribution < 1.29 is 20.1 Å². The topological polar surface area (TPSA) is 81.0 Å². The van der Waals surface area contributed by atoms with Crippen molar-refractivity contribution in [3.05, 3.63) is 0 Å². The molecule has 0 bridgehead atoms. The molecule has 4 saturated carbocycles. The van der Waals surface area contributed by atoms with Crippen LogP contribution in [0.15, 0.2) is 0 Å². The highest BCUT2D eigenvalue weighted by molar-refractivity contribution is 7.99. The average Bonchev–Trinajstić information content (AvgIpc) is 3.18. The maximum absolute atomic E-state index is 12.8. The highest BCUT2D eigenvalue weighted by Crippen LogP contribution is 2.68. The molecule has 0 aromatic rings. The van der Waals surface area contributed by atoms with Gasteiger partial charge in [-0.25, -0.2) is 0 Å². The fourth-order valence-electron chi connectivity index (χ4n) is 9.65. The fourth-order valence-corrected chi connectivity index (χ4v) is 10.6. The summed E-state index contributed by atoms with van der Waals surface area (Å²) in [4.78, 5) is 14.8. The van der Waals surface area contributed by atoms with E-state index in [0.29, 0.717) is 41.9 Å². The van der Waals surface area contributed by atoms with E-state index in [9.17, 15) is 20.1 Å². The lowest BCUT2D eigenvalue weighted by Gasteiger charge is -2.63. The van der Waals surface area contributed by atoms with Gasteiger partial charge in [-0.3, -0.25) is 4.79 Å². The molecular weight excluding hydrogens is 446 g/mol. The summed E-state index contributed by atoms with van der Waals surface area (Å²) in [6.07, 6.45) is 7.06. The lowest BCUT2D eigenvalue weighted by molar-refractivity contribution is -0.207. The van der Waals surface area contributed by atoms with Crippen LogP contribution in [0, 0.1) is 46.3 Å². The first kappa shape index (κ1) is 25.4. The second-order valence-corrected chi connectivity index (χ2v) is 14.3. The Hall–Kier alpha value is -0.300. The largest absolute Gasteiger partial charge is 0.393 e. The number of carbonyl (C=O) groups is 1. The molecule has 5 aliphatic rings. The summed E-state index contributed by atoms with van der Waals surface area (Å²) in [5, 5.41) is 33.4. The second-order valence-electron chi connectivity index (χ2n) is 13.0. The third-order valence-corrected chi connectivity index (χ3v) is 12.6. The van der Waals surface area contributed by atoms with Crippen molar-refractivity contribution in [1.82, 2.24) is 4.90 Å². The number of nitrogens with zero attached hydrogens (tertiary/aromatic N) is 1. The Morgan fingerprint density at radius 2 is 1.76 bits per heavy atom. The number of amides is 1. The van der Waals surface area contributed by atoms with E-state index in [1.165, 1.54) is 0 Å². The Morgan fingerprint density at radius 3 is 2.50 bits per heavy atom. The minimum atomic E-state index is -0.349. The van der Waals surface area contributed by atoms with Crippen LogP contribution in [-0.2, 0) is 4.79 Å². The molecule has 4 aliphatic carbocycles. The van der Waals surface area contributed by atoms with E-state index in [1.807, 2.05) is 16.7 Å². The Morgan fingerprint density at radius 1 is 1.03 bits per heavy atom. The predicted octanol–water partition coefficient (Wildman–Crippen LogP) is 3.94. The van der Waals surface area contributed by atoms with Crippen molar-refractivity contribution >= 4 is 17.7 Å². The highest BCUT2D eigenvalue weighted by atomic mass is 32.2. The van der Waals surface area contributed by atoms with Gasteiger partial charge in [-0.05, 0) is 97.7 Å². The van der Waals surface area contributed by atoms with E-state index in [4.69, 9.17) is 0 Å². The van der Waals surface area contributed by atoms with Gasteiger partial charge < -0.3 is 20.2 Å². The Balaban J connectivity index is 1.30. The molecule has 0 spiro atoms. The monoisotopic (exact) mass is 493 g/mol. The van der Waals surface area contributed by atoms with Gasteiger partial charge in [0.15, 0.2) is 0 Å². The van der Waals surface area contributed by atoms with Crippen LogP contribution in [0.2, 0.25) is 0 Å². The molecule has 1 heterocycles. The van der Waals surface area contributed by atoms with Crippen molar-refractivity contribution in [1.29, 1.82) is 0 Å². The summed E-state index contributed by atoms with van der Waals surface area (Å²) in [6.45, 7) is 8.77. The molecule has 194 valence electrons. The van der Waals surface area contributed by atoms with Gasteiger partial charge >= 0.3 is 0 Å². The lowest BCUT2D eigenvalue weighted by atomic mass is 9.43. The second kappa shape index (κ2) is 9.54. The van der Waals surface area contributed by atoms with E-state index < -0.39 is 0 Å². The van der Waals surface area contributed by atoms with E-state index in [-0.39, 0.29) is 35.1 Å². The fraction of sp³-hybridized carbons (Fsp3) is 0.964. The summed E-state index contributed by atoms with van der Waals surface area (Å²) in [5.41, 5.74) is -0.0575. The molecule has 0 radical (unpaired) electrons. The number of hydrogen-bond acceptors (Lipinski definition) is 5. The Kier molecular flexibility index (Phi) is 7.11. The van der Waals surface area contributed by atoms with Crippen LogP contribution < -0.4 is 0 Å². The van der Waals surface area contributed by atoms with Crippen LogP contribution in [0.25, 0.3) is 0 Å². The first-order valence-electron chi connectivity index (χ1n) is 14.1. The van der Waals surface area contributed by atoms with Crippen LogP contribution in [-0.4, -0.2) is 69.0 Å². The summed E-state index contributed by atoms with van der Waals surface area (Å²) in [6, 6.07) is 0. The Labute approximate surface area is 210 Å². The zero-order valence-electron chi connectivity index (χ0n) is 21.5. The molecule has 0 unspecified atom stereocenters. The molecule has 5 nitrogen and oxygen atoms in total. The summed E-state index contributed by atoms with van der Waals surface area (Å²) in [5.74, 6) is 4.53. The molecule has 1 saturated heterocycles. The molecule has 34 heavy (non-hydrogen) atoms. The third-order valence-electron chi connectivity index (χ3n) is 11.7. The molecule has 5 fully saturated rings. The number of aliphatic hydroxyl groups is 3. The number of thioether (sulfide) groups is 1. The van der Waals surface area contributed by atoms with E-state index in [1.54, 1.807) is 0 Å². The normalized spacial score (nSPS) is 49.6. The summed E-state index contributed by atoms with van der Waals surface area (Å²) in [7, 11) is 0. The Bertz CT molecular complexity index is 759. The first-order valence-corrected chi connectivity index (χ1v) is 15.2. The quantitative estimate of drug-likeness (QED) is 0.553. The zero-order valence-corrected chi connectivity index (χ0v) is 22.3. The first-order chi connectivity index (χ1) is 16.2. The smallest absolute Gasteiger partial charge is 0.222 e. The van der Waals surface area contributed by atoms with Crippen LogP contribution in [0.4, 0.5) is 0 Å². The maximum Gasteiger partial charge on any atom is 0.222 e. The number of aliphatic hydroxyl groups excluding tert-OH is 3. The molecular formula is C28H47NO4S. The number of rotatable bonds is 4. The van der Waals surface area contributed by atoms with Crippen molar-refractivity contribution in [2.24, 2.45) is 46.3 Å². The molecule has 1 aliphatic heterocycles. The van der Waals surface area contributed by atoms with Crippen LogP contribution in [0.3, 0.4) is 0 Å². The average molecular weight is 494 g/mol. The third kappa shape index (κ3) is 4.07. The van der Waals surface area contributed by atoms with Gasteiger partial charge in [-0.15, -0.1) is 0 Å². The van der Waals surface area contributed by atoms with E-state index in [2.05, 4.69) is 20.8 Å². The number of carbonyl (C=O) groups excluding carboxylic acids is 1. The maximum atomic E-state index is 12.8. The molecule has 6 heteroatoms. The molecule has 3 N–H and O–H groups in total. The van der Waals surface area contributed by atoms with Gasteiger partial charge in [0.2, 0.25) is 5.91 Å². The van der Waals surface area contributed by atoms with Crippen LogP contribution >= 0.6 is 11.8 Å². The molecule has 1 amide bonds. The lowest BCUT2D eigenvalue weighted by Crippen LogP contribution is -2.62. The van der Waals surface area contributed by atoms with Gasteiger partial charge in [0.05, 0.1) is 18.3 Å². The summed E-state index contributed by atoms with van der Waals surface area (Å²) < 4.78 is 0. The standard InChI is InChI=1S/C28H47NO4S/c1-17(4-7-25(33)29-10-12-34-13-11-29)20-5-6-21-26-22(16-24(32)28(20,21)3)27(2)9-8-19(30)14-18(27)15-23(26)31/h17-24,26,30-32H,4-16H2,1-3H3/t17-,18+,19-,20-,21+,22+,23-,24+,26+,27+,28-/m1/s1. The summed E-state index contributed by atoms with van der Waals surface area (Å²) >= 11 is 1.93. The van der Waals surface area contributed by atoms with E-state index >= 15 is 0 Å². The predicted molar refractivity (Wildman–Crippen MR) is 136 cm³/mol. The van der Waals surface area contributed by atoms with Crippen molar-refractivity contribution in [2.45, 2.75) is 96.9 Å². The van der Waals surface area contributed by atoms with Crippen molar-refractivity contribution in [3.8, 4) is 0 Å². The van der Waals surface area contributed by atoms with E-state index in [0.717, 1.165) is 76.0 Å². The van der Waals surface area contributed by atoms with Gasteiger partial charge in [0, 0.05) is 31.0 Å². The SMILES string of the molecule is C[C@H](CCC(=O)N1CCSCC1)[C@H]1CC[C@H]2[C@@H]3[C@H](O)C[C@@H]4C[C@H](O)CC[C@]4(C)[C@H]3C[C@H](O)[C@]12C. The van der Waals surface area contributed by atoms with Gasteiger partial charge in [0.1, 0.15) is 0 Å². The van der Waals surface area contributed by atoms with Crippen LogP contribution in [0.5, 0.6) is 0 Å². The van der Waals surface area contributed by atoms with Gasteiger partial charge in [-0.1, -0.05) is 20.8 Å². The number of hydrogen-bond donors (Lipinski definition) is 3. The van der Waals surface area contributed by atoms with Crippen molar-refractivity contribution in [3.63, 3.8) is 0 Å².